The standard InChI is InChI=1S/C17H26N2O/c1-5-8-15-13-16(10-9-14(15)4)17(20)18-11-12-19(6-2)7-3/h5,8-10,13H,6-7,11-12H2,1-4H3,(H,18,20)/b8-5-. The number of hydrogen-bond donors (Lipinski definition) is 1. The van der Waals surface area contributed by atoms with E-state index in [4.69, 9.17) is 0 Å². The van der Waals surface area contributed by atoms with Gasteiger partial charge in [-0.05, 0) is 50.2 Å². The van der Waals surface area contributed by atoms with E-state index in [2.05, 4.69) is 31.0 Å². The topological polar surface area (TPSA) is 32.3 Å². The molecule has 0 aliphatic rings. The first-order chi connectivity index (χ1) is 9.62. The van der Waals surface area contributed by atoms with Gasteiger partial charge in [0, 0.05) is 18.7 Å². The number of likely N-dealkylation sites (N-methyl/N-ethyl adjacent to an activating group) is 1. The third kappa shape index (κ3) is 4.82. The highest BCUT2D eigenvalue weighted by Gasteiger charge is 2.07. The lowest BCUT2D eigenvalue weighted by Gasteiger charge is -2.18. The molecule has 3 nitrogen and oxygen atoms in total. The molecule has 0 spiro atoms. The third-order valence-corrected chi connectivity index (χ3v) is 3.50. The minimum absolute atomic E-state index is 0.00269. The van der Waals surface area contributed by atoms with E-state index in [1.807, 2.05) is 37.3 Å². The third-order valence-electron chi connectivity index (χ3n) is 3.50. The van der Waals surface area contributed by atoms with Gasteiger partial charge in [0.25, 0.3) is 5.91 Å². The van der Waals surface area contributed by atoms with Crippen molar-refractivity contribution >= 4 is 12.0 Å². The van der Waals surface area contributed by atoms with E-state index in [1.165, 1.54) is 5.56 Å². The second-order valence-corrected chi connectivity index (χ2v) is 4.85. The molecule has 0 saturated carbocycles. The Morgan fingerprint density at radius 2 is 2.00 bits per heavy atom. The molecule has 1 aromatic carbocycles. The molecular weight excluding hydrogens is 248 g/mol. The number of amides is 1. The van der Waals surface area contributed by atoms with Crippen molar-refractivity contribution in [2.75, 3.05) is 26.2 Å². The molecule has 0 bridgehead atoms. The van der Waals surface area contributed by atoms with Crippen LogP contribution in [0.5, 0.6) is 0 Å². The van der Waals surface area contributed by atoms with Crippen molar-refractivity contribution < 1.29 is 4.79 Å². The van der Waals surface area contributed by atoms with Gasteiger partial charge in [-0.3, -0.25) is 4.79 Å². The van der Waals surface area contributed by atoms with E-state index in [0.29, 0.717) is 6.54 Å². The number of rotatable bonds is 7. The summed E-state index contributed by atoms with van der Waals surface area (Å²) >= 11 is 0. The van der Waals surface area contributed by atoms with E-state index in [0.717, 1.165) is 30.8 Å². The average Bonchev–Trinajstić information content (AvgIpc) is 2.46. The van der Waals surface area contributed by atoms with Gasteiger partial charge in [0.1, 0.15) is 0 Å². The maximum Gasteiger partial charge on any atom is 0.251 e. The number of benzene rings is 1. The summed E-state index contributed by atoms with van der Waals surface area (Å²) in [6, 6.07) is 5.83. The van der Waals surface area contributed by atoms with Crippen molar-refractivity contribution in [3.63, 3.8) is 0 Å². The molecule has 1 amide bonds. The molecule has 0 fully saturated rings. The van der Waals surface area contributed by atoms with Crippen LogP contribution >= 0.6 is 0 Å². The monoisotopic (exact) mass is 274 g/mol. The van der Waals surface area contributed by atoms with Gasteiger partial charge in [0.15, 0.2) is 0 Å². The van der Waals surface area contributed by atoms with Crippen LogP contribution in [0.2, 0.25) is 0 Å². The number of allylic oxidation sites excluding steroid dienone is 1. The molecule has 0 unspecified atom stereocenters. The Kier molecular flexibility index (Phi) is 7.02. The molecule has 0 heterocycles. The number of nitrogens with zero attached hydrogens (tertiary/aromatic N) is 1. The maximum atomic E-state index is 12.1. The summed E-state index contributed by atoms with van der Waals surface area (Å²) in [6.45, 7) is 11.9. The van der Waals surface area contributed by atoms with Gasteiger partial charge in [-0.2, -0.15) is 0 Å². The Bertz CT molecular complexity index is 462. The van der Waals surface area contributed by atoms with Crippen LogP contribution in [-0.2, 0) is 0 Å². The minimum atomic E-state index is 0.00269. The molecule has 3 heteroatoms. The van der Waals surface area contributed by atoms with Gasteiger partial charge < -0.3 is 10.2 Å². The first kappa shape index (κ1) is 16.4. The highest BCUT2D eigenvalue weighted by atomic mass is 16.1. The lowest BCUT2D eigenvalue weighted by atomic mass is 10.0. The molecular formula is C17H26N2O. The average molecular weight is 274 g/mol. The highest BCUT2D eigenvalue weighted by Crippen LogP contribution is 2.13. The summed E-state index contributed by atoms with van der Waals surface area (Å²) in [5, 5.41) is 2.98. The van der Waals surface area contributed by atoms with E-state index >= 15 is 0 Å². The molecule has 1 N–H and O–H groups in total. The molecule has 0 radical (unpaired) electrons. The number of carbonyl (C=O) groups is 1. The largest absolute Gasteiger partial charge is 0.351 e. The van der Waals surface area contributed by atoms with E-state index in [1.54, 1.807) is 0 Å². The molecule has 0 aliphatic heterocycles. The SMILES string of the molecule is C/C=C\c1cc(C(=O)NCCN(CC)CC)ccc1C. The summed E-state index contributed by atoms with van der Waals surface area (Å²) in [6.07, 6.45) is 4.02. The van der Waals surface area contributed by atoms with Crippen molar-refractivity contribution in [2.24, 2.45) is 0 Å². The van der Waals surface area contributed by atoms with Gasteiger partial charge in [-0.15, -0.1) is 0 Å². The fourth-order valence-electron chi connectivity index (χ4n) is 2.11. The van der Waals surface area contributed by atoms with Crippen LogP contribution in [0.4, 0.5) is 0 Å². The molecule has 0 aromatic heterocycles. The van der Waals surface area contributed by atoms with Gasteiger partial charge in [0.2, 0.25) is 0 Å². The molecule has 110 valence electrons. The van der Waals surface area contributed by atoms with Gasteiger partial charge in [-0.1, -0.05) is 32.1 Å². The first-order valence-corrected chi connectivity index (χ1v) is 7.36. The Balaban J connectivity index is 2.61. The first-order valence-electron chi connectivity index (χ1n) is 7.36. The van der Waals surface area contributed by atoms with Crippen molar-refractivity contribution in [3.05, 3.63) is 41.0 Å². The number of hydrogen-bond acceptors (Lipinski definition) is 2. The second-order valence-electron chi connectivity index (χ2n) is 4.85. The van der Waals surface area contributed by atoms with Crippen LogP contribution in [0, 0.1) is 6.92 Å². The van der Waals surface area contributed by atoms with Crippen molar-refractivity contribution in [3.8, 4) is 0 Å². The van der Waals surface area contributed by atoms with Crippen molar-refractivity contribution in [2.45, 2.75) is 27.7 Å². The summed E-state index contributed by atoms with van der Waals surface area (Å²) < 4.78 is 0. The molecule has 0 aliphatic carbocycles. The van der Waals surface area contributed by atoms with E-state index in [9.17, 15) is 4.79 Å². The number of carbonyl (C=O) groups excluding carboxylic acids is 1. The minimum Gasteiger partial charge on any atom is -0.351 e. The van der Waals surface area contributed by atoms with Crippen molar-refractivity contribution in [1.29, 1.82) is 0 Å². The van der Waals surface area contributed by atoms with Crippen LogP contribution in [-0.4, -0.2) is 37.0 Å². The molecule has 0 atom stereocenters. The Morgan fingerprint density at radius 1 is 1.30 bits per heavy atom. The number of nitrogens with one attached hydrogen (secondary N) is 1. The molecule has 0 saturated heterocycles. The van der Waals surface area contributed by atoms with Crippen molar-refractivity contribution in [1.82, 2.24) is 10.2 Å². The fourth-order valence-corrected chi connectivity index (χ4v) is 2.11. The Hall–Kier alpha value is -1.61. The summed E-state index contributed by atoms with van der Waals surface area (Å²) in [5.41, 5.74) is 3.01. The normalized spacial score (nSPS) is 11.2. The fraction of sp³-hybridized carbons (Fsp3) is 0.471. The highest BCUT2D eigenvalue weighted by molar-refractivity contribution is 5.94. The van der Waals surface area contributed by atoms with Crippen LogP contribution < -0.4 is 5.32 Å². The smallest absolute Gasteiger partial charge is 0.251 e. The zero-order chi connectivity index (χ0) is 15.0. The van der Waals surface area contributed by atoms with E-state index < -0.39 is 0 Å². The lowest BCUT2D eigenvalue weighted by molar-refractivity contribution is 0.0949. The van der Waals surface area contributed by atoms with Gasteiger partial charge >= 0.3 is 0 Å². The Morgan fingerprint density at radius 3 is 2.60 bits per heavy atom. The lowest BCUT2D eigenvalue weighted by Crippen LogP contribution is -2.34. The predicted octanol–water partition coefficient (Wildman–Crippen LogP) is 3.10. The summed E-state index contributed by atoms with van der Waals surface area (Å²) in [7, 11) is 0. The van der Waals surface area contributed by atoms with Gasteiger partial charge in [-0.25, -0.2) is 0 Å². The van der Waals surface area contributed by atoms with Crippen LogP contribution in [0.25, 0.3) is 6.08 Å². The predicted molar refractivity (Wildman–Crippen MR) is 86.0 cm³/mol. The molecule has 1 aromatic rings. The second kappa shape index (κ2) is 8.54. The quantitative estimate of drug-likeness (QED) is 0.828. The molecule has 1 rings (SSSR count). The Labute approximate surface area is 122 Å². The van der Waals surface area contributed by atoms with Crippen LogP contribution in [0.1, 0.15) is 42.3 Å². The number of aryl methyl sites for hydroxylation is 1. The zero-order valence-electron chi connectivity index (χ0n) is 13.1. The van der Waals surface area contributed by atoms with Crippen LogP contribution in [0.3, 0.4) is 0 Å². The zero-order valence-corrected chi connectivity index (χ0v) is 13.1. The van der Waals surface area contributed by atoms with E-state index in [-0.39, 0.29) is 5.91 Å². The summed E-state index contributed by atoms with van der Waals surface area (Å²) in [5.74, 6) is 0.00269. The van der Waals surface area contributed by atoms with Crippen LogP contribution in [0.15, 0.2) is 24.3 Å². The summed E-state index contributed by atoms with van der Waals surface area (Å²) in [4.78, 5) is 14.4. The molecule has 20 heavy (non-hydrogen) atoms. The van der Waals surface area contributed by atoms with Gasteiger partial charge in [0.05, 0.1) is 0 Å². The maximum absolute atomic E-state index is 12.1.